The number of rotatable bonds is 6. The number of nitrogens with one attached hydrogen (secondary N) is 2. The van der Waals surface area contributed by atoms with Crippen LogP contribution in [-0.2, 0) is 24.8 Å². The molecule has 0 aliphatic heterocycles. The lowest BCUT2D eigenvalue weighted by Gasteiger charge is -2.12. The van der Waals surface area contributed by atoms with Crippen molar-refractivity contribution in [2.75, 3.05) is 10.0 Å². The number of carbonyl (C=O) groups excluding carboxylic acids is 1. The summed E-state index contributed by atoms with van der Waals surface area (Å²) in [4.78, 5) is 11.0. The number of aryl methyl sites for hydroxylation is 1. The number of amides is 1. The van der Waals surface area contributed by atoms with E-state index in [-0.39, 0.29) is 32.8 Å². The number of sulfonamides is 1. The van der Waals surface area contributed by atoms with E-state index in [0.717, 1.165) is 3.97 Å². The van der Waals surface area contributed by atoms with E-state index in [2.05, 4.69) is 10.0 Å². The minimum atomic E-state index is -4.05. The summed E-state index contributed by atoms with van der Waals surface area (Å²) < 4.78 is 55.3. The second kappa shape index (κ2) is 7.96. The molecule has 1 amide bonds. The molecule has 10 heteroatoms. The van der Waals surface area contributed by atoms with Crippen molar-refractivity contribution in [2.45, 2.75) is 30.6 Å². The molecule has 1 aromatic heterocycles. The van der Waals surface area contributed by atoms with Crippen LogP contribution in [0.3, 0.4) is 0 Å². The Morgan fingerprint density at radius 2 is 1.43 bits per heavy atom. The summed E-state index contributed by atoms with van der Waals surface area (Å²) in [7, 11) is -7.99. The molecular formula is C20H21N3O5S2. The molecule has 30 heavy (non-hydrogen) atoms. The lowest BCUT2D eigenvalue weighted by Crippen LogP contribution is -2.18. The van der Waals surface area contributed by atoms with Gasteiger partial charge in [-0.3, -0.25) is 9.52 Å². The molecule has 0 bridgehead atoms. The maximum atomic E-state index is 13.0. The van der Waals surface area contributed by atoms with Crippen LogP contribution in [0.2, 0.25) is 0 Å². The minimum absolute atomic E-state index is 0.0669. The smallest absolute Gasteiger partial charge is 0.268 e. The Morgan fingerprint density at radius 3 is 2.00 bits per heavy atom. The summed E-state index contributed by atoms with van der Waals surface area (Å²) in [5, 5.41) is 2.59. The molecule has 0 saturated heterocycles. The molecule has 0 fully saturated rings. The predicted molar refractivity (Wildman–Crippen MR) is 114 cm³/mol. The number of carbonyl (C=O) groups is 1. The van der Waals surface area contributed by atoms with Gasteiger partial charge in [-0.15, -0.1) is 0 Å². The number of aromatic nitrogens is 1. The molecule has 0 spiro atoms. The maximum absolute atomic E-state index is 13.0. The quantitative estimate of drug-likeness (QED) is 0.603. The molecule has 1 heterocycles. The van der Waals surface area contributed by atoms with E-state index in [1.54, 1.807) is 30.3 Å². The Bertz CT molecular complexity index is 1290. The van der Waals surface area contributed by atoms with Crippen LogP contribution in [-0.4, -0.2) is 26.7 Å². The maximum Gasteiger partial charge on any atom is 0.268 e. The van der Waals surface area contributed by atoms with Gasteiger partial charge in [0.2, 0.25) is 5.91 Å². The van der Waals surface area contributed by atoms with Gasteiger partial charge in [-0.1, -0.05) is 18.2 Å². The SMILES string of the molecule is CC(=O)Nc1ccc(NS(=O)(=O)c2cc(C)n(S(=O)(=O)c3ccccc3)c2C)cc1. The third kappa shape index (κ3) is 4.24. The number of hydrogen-bond donors (Lipinski definition) is 2. The highest BCUT2D eigenvalue weighted by atomic mass is 32.2. The van der Waals surface area contributed by atoms with Crippen LogP contribution in [0.1, 0.15) is 18.3 Å². The van der Waals surface area contributed by atoms with Crippen molar-refractivity contribution in [2.24, 2.45) is 0 Å². The Balaban J connectivity index is 1.96. The monoisotopic (exact) mass is 447 g/mol. The van der Waals surface area contributed by atoms with Crippen molar-refractivity contribution in [3.05, 3.63) is 72.1 Å². The second-order valence-corrected chi connectivity index (χ2v) is 10.1. The van der Waals surface area contributed by atoms with Gasteiger partial charge in [0.15, 0.2) is 0 Å². The lowest BCUT2D eigenvalue weighted by atomic mass is 10.3. The van der Waals surface area contributed by atoms with E-state index in [0.29, 0.717) is 5.69 Å². The third-order valence-corrected chi connectivity index (χ3v) is 7.76. The van der Waals surface area contributed by atoms with Crippen LogP contribution in [0.25, 0.3) is 0 Å². The normalized spacial score (nSPS) is 11.8. The van der Waals surface area contributed by atoms with Crippen molar-refractivity contribution in [1.82, 2.24) is 3.97 Å². The predicted octanol–water partition coefficient (Wildman–Crippen LogP) is 3.10. The number of hydrogen-bond acceptors (Lipinski definition) is 5. The Labute approximate surface area is 175 Å². The van der Waals surface area contributed by atoms with Crippen LogP contribution in [0, 0.1) is 13.8 Å². The van der Waals surface area contributed by atoms with Crippen LogP contribution in [0.4, 0.5) is 11.4 Å². The van der Waals surface area contributed by atoms with Crippen molar-refractivity contribution < 1.29 is 21.6 Å². The van der Waals surface area contributed by atoms with Crippen LogP contribution in [0.15, 0.2) is 70.5 Å². The first-order valence-electron chi connectivity index (χ1n) is 8.92. The van der Waals surface area contributed by atoms with Crippen LogP contribution < -0.4 is 10.0 Å². The van der Waals surface area contributed by atoms with Crippen molar-refractivity contribution in [1.29, 1.82) is 0 Å². The first kappa shape index (κ1) is 21.6. The molecule has 0 unspecified atom stereocenters. The highest BCUT2D eigenvalue weighted by molar-refractivity contribution is 7.93. The lowest BCUT2D eigenvalue weighted by molar-refractivity contribution is -0.114. The Hall–Kier alpha value is -3.11. The van der Waals surface area contributed by atoms with E-state index in [1.807, 2.05) is 0 Å². The van der Waals surface area contributed by atoms with Crippen LogP contribution in [0.5, 0.6) is 0 Å². The van der Waals surface area contributed by atoms with E-state index >= 15 is 0 Å². The van der Waals surface area contributed by atoms with Gasteiger partial charge in [0.25, 0.3) is 20.0 Å². The molecular weight excluding hydrogens is 426 g/mol. The molecule has 0 radical (unpaired) electrons. The standard InChI is InChI=1S/C20H21N3O5S2/c1-14-13-20(15(2)23(14)30(27,28)19-7-5-4-6-8-19)29(25,26)22-18-11-9-17(10-12-18)21-16(3)24/h4-13,22H,1-3H3,(H,21,24). The summed E-state index contributed by atoms with van der Waals surface area (Å²) in [6.45, 7) is 4.35. The summed E-state index contributed by atoms with van der Waals surface area (Å²) in [6.07, 6.45) is 0. The average molecular weight is 448 g/mol. The van der Waals surface area contributed by atoms with Crippen molar-refractivity contribution in [3.8, 4) is 0 Å². The number of anilines is 2. The molecule has 0 saturated carbocycles. The average Bonchev–Trinajstić information content (AvgIpc) is 2.99. The van der Waals surface area contributed by atoms with Gasteiger partial charge < -0.3 is 5.32 Å². The molecule has 0 aliphatic rings. The van der Waals surface area contributed by atoms with Crippen LogP contribution >= 0.6 is 0 Å². The van der Waals surface area contributed by atoms with Gasteiger partial charge in [0.1, 0.15) is 4.90 Å². The fraction of sp³-hybridized carbons (Fsp3) is 0.150. The number of benzene rings is 2. The fourth-order valence-corrected chi connectivity index (χ4v) is 6.11. The van der Waals surface area contributed by atoms with Gasteiger partial charge in [-0.2, -0.15) is 0 Å². The van der Waals surface area contributed by atoms with Gasteiger partial charge in [-0.25, -0.2) is 20.8 Å². The van der Waals surface area contributed by atoms with E-state index in [9.17, 15) is 21.6 Å². The van der Waals surface area contributed by atoms with E-state index in [4.69, 9.17) is 0 Å². The van der Waals surface area contributed by atoms with E-state index in [1.165, 1.54) is 51.1 Å². The topological polar surface area (TPSA) is 114 Å². The summed E-state index contributed by atoms with van der Waals surface area (Å²) in [6, 6.07) is 15.3. The van der Waals surface area contributed by atoms with Gasteiger partial charge in [-0.05, 0) is 56.3 Å². The fourth-order valence-electron chi connectivity index (χ4n) is 3.09. The highest BCUT2D eigenvalue weighted by Crippen LogP contribution is 2.27. The first-order chi connectivity index (χ1) is 14.0. The van der Waals surface area contributed by atoms with Crippen molar-refractivity contribution >= 4 is 37.3 Å². The highest BCUT2D eigenvalue weighted by Gasteiger charge is 2.28. The first-order valence-corrected chi connectivity index (χ1v) is 11.8. The zero-order valence-corrected chi connectivity index (χ0v) is 18.2. The van der Waals surface area contributed by atoms with Gasteiger partial charge >= 0.3 is 0 Å². The van der Waals surface area contributed by atoms with Gasteiger partial charge in [0, 0.05) is 24.0 Å². The molecule has 2 aromatic carbocycles. The minimum Gasteiger partial charge on any atom is -0.326 e. The molecule has 3 rings (SSSR count). The number of nitrogens with zero attached hydrogens (tertiary/aromatic N) is 1. The molecule has 3 aromatic rings. The van der Waals surface area contributed by atoms with E-state index < -0.39 is 20.0 Å². The second-order valence-electron chi connectivity index (χ2n) is 6.68. The molecule has 0 atom stereocenters. The summed E-state index contributed by atoms with van der Waals surface area (Å²) in [5.74, 6) is -0.240. The molecule has 8 nitrogen and oxygen atoms in total. The zero-order valence-electron chi connectivity index (χ0n) is 16.6. The zero-order chi connectivity index (χ0) is 22.1. The third-order valence-electron chi connectivity index (χ3n) is 4.35. The largest absolute Gasteiger partial charge is 0.326 e. The summed E-state index contributed by atoms with van der Waals surface area (Å²) >= 11 is 0. The molecule has 0 aliphatic carbocycles. The van der Waals surface area contributed by atoms with Crippen molar-refractivity contribution in [3.63, 3.8) is 0 Å². The Morgan fingerprint density at radius 1 is 0.867 bits per heavy atom. The molecule has 158 valence electrons. The summed E-state index contributed by atoms with van der Waals surface area (Å²) in [5.41, 5.74) is 1.16. The molecule has 2 N–H and O–H groups in total. The Kier molecular flexibility index (Phi) is 5.73. The van der Waals surface area contributed by atoms with Gasteiger partial charge in [0.05, 0.1) is 10.6 Å².